The van der Waals surface area contributed by atoms with E-state index in [4.69, 9.17) is 5.73 Å². The molecule has 0 radical (unpaired) electrons. The summed E-state index contributed by atoms with van der Waals surface area (Å²) in [6.45, 7) is 2.05. The van der Waals surface area contributed by atoms with Crippen LogP contribution in [-0.2, 0) is 26.0 Å². The number of aryl methyl sites for hydroxylation is 1. The summed E-state index contributed by atoms with van der Waals surface area (Å²) in [5, 5.41) is 4.90. The van der Waals surface area contributed by atoms with Crippen LogP contribution in [0.3, 0.4) is 0 Å². The number of urea groups is 1. The van der Waals surface area contributed by atoms with E-state index in [1.54, 1.807) is 25.3 Å². The molecule has 4 amide bonds. The molecule has 0 saturated heterocycles. The van der Waals surface area contributed by atoms with Crippen LogP contribution in [0.25, 0.3) is 0 Å². The Labute approximate surface area is 173 Å². The molecule has 2 rings (SSSR count). The third kappa shape index (κ3) is 7.20. The number of carbonyl (C=O) groups is 3. The highest BCUT2D eigenvalue weighted by molar-refractivity contribution is 7.90. The first-order valence-corrected chi connectivity index (χ1v) is 10.6. The molecule has 6 N–H and O–H groups in total. The molecule has 0 unspecified atom stereocenters. The third-order valence-electron chi connectivity index (χ3n) is 4.11. The molecule has 162 valence electrons. The molecule has 0 aliphatic rings. The highest BCUT2D eigenvalue weighted by Crippen LogP contribution is 2.09. The van der Waals surface area contributed by atoms with Gasteiger partial charge in [-0.25, -0.2) is 22.9 Å². The van der Waals surface area contributed by atoms with Crippen molar-refractivity contribution in [1.29, 1.82) is 0 Å². The number of aromatic nitrogens is 2. The predicted octanol–water partition coefficient (Wildman–Crippen LogP) is -0.301. The molecular weight excluding hydrogens is 412 g/mol. The molecule has 1 heterocycles. The molecule has 0 aliphatic heterocycles. The smallest absolute Gasteiger partial charge is 0.329 e. The fourth-order valence-electron chi connectivity index (χ4n) is 2.51. The Hall–Kier alpha value is -3.41. The average Bonchev–Trinajstić information content (AvgIpc) is 3.18. The summed E-state index contributed by atoms with van der Waals surface area (Å²) in [6, 6.07) is 3.67. The number of hydrogen-bond acceptors (Lipinski definition) is 6. The van der Waals surface area contributed by atoms with E-state index < -0.39 is 33.9 Å². The summed E-state index contributed by atoms with van der Waals surface area (Å²) in [4.78, 5) is 42.4. The zero-order valence-electron chi connectivity index (χ0n) is 16.3. The third-order valence-corrected chi connectivity index (χ3v) is 5.45. The number of nitrogens with one attached hydrogen (secondary N) is 4. The predicted molar refractivity (Wildman–Crippen MR) is 108 cm³/mol. The number of carbonyl (C=O) groups excluding carboxylic acids is 3. The number of primary amides is 1. The fourth-order valence-corrected chi connectivity index (χ4v) is 3.42. The van der Waals surface area contributed by atoms with Crippen LogP contribution in [0.2, 0.25) is 0 Å². The molecule has 0 spiro atoms. The molecule has 30 heavy (non-hydrogen) atoms. The van der Waals surface area contributed by atoms with Crippen molar-refractivity contribution in [2.24, 2.45) is 5.73 Å². The molecule has 2 aromatic rings. The number of amides is 4. The molecule has 0 bridgehead atoms. The van der Waals surface area contributed by atoms with Gasteiger partial charge < -0.3 is 21.4 Å². The van der Waals surface area contributed by atoms with Crippen LogP contribution in [0.1, 0.15) is 24.1 Å². The number of hydrogen-bond donors (Lipinski definition) is 5. The first-order valence-electron chi connectivity index (χ1n) is 9.10. The van der Waals surface area contributed by atoms with Crippen molar-refractivity contribution in [3.05, 3.63) is 48.0 Å². The zero-order valence-corrected chi connectivity index (χ0v) is 17.2. The molecule has 1 aromatic heterocycles. The Kier molecular flexibility index (Phi) is 7.92. The van der Waals surface area contributed by atoms with E-state index in [1.807, 2.05) is 4.72 Å². The highest BCUT2D eigenvalue weighted by atomic mass is 32.2. The van der Waals surface area contributed by atoms with E-state index in [0.717, 1.165) is 11.3 Å². The largest absolute Gasteiger partial charge is 0.370 e. The zero-order chi connectivity index (χ0) is 22.1. The lowest BCUT2D eigenvalue weighted by Crippen LogP contribution is -2.51. The number of H-pyrrole nitrogens is 1. The van der Waals surface area contributed by atoms with Crippen molar-refractivity contribution < 1.29 is 22.8 Å². The van der Waals surface area contributed by atoms with Crippen LogP contribution >= 0.6 is 0 Å². The SMILES string of the molecule is Cc1ccc(S(=O)(=O)NC(=O)N[C@@H](CCC(N)=O)C(=O)NCCc2cnc[nH]2)cc1. The van der Waals surface area contributed by atoms with Gasteiger partial charge in [0.25, 0.3) is 10.0 Å². The Morgan fingerprint density at radius 3 is 2.50 bits per heavy atom. The van der Waals surface area contributed by atoms with Gasteiger partial charge in [-0.05, 0) is 25.5 Å². The summed E-state index contributed by atoms with van der Waals surface area (Å²) in [6.07, 6.45) is 3.35. The standard InChI is InChI=1S/C18H24N6O5S/c1-12-2-4-14(5-3-12)30(28,29)24-18(27)23-15(6-7-16(19)25)17(26)21-9-8-13-10-20-11-22-13/h2-5,10-11,15H,6-9H2,1H3,(H2,19,25)(H,20,22)(H,21,26)(H2,23,24,27)/t15-/m0/s1. The van der Waals surface area contributed by atoms with Crippen molar-refractivity contribution in [3.8, 4) is 0 Å². The van der Waals surface area contributed by atoms with E-state index in [0.29, 0.717) is 6.42 Å². The first-order chi connectivity index (χ1) is 14.2. The van der Waals surface area contributed by atoms with Crippen LogP contribution in [0.15, 0.2) is 41.7 Å². The molecule has 11 nitrogen and oxygen atoms in total. The fraction of sp³-hybridized carbons (Fsp3) is 0.333. The van der Waals surface area contributed by atoms with Gasteiger partial charge in [0.05, 0.1) is 11.2 Å². The minimum atomic E-state index is -4.12. The van der Waals surface area contributed by atoms with Crippen LogP contribution < -0.4 is 21.1 Å². The first kappa shape index (κ1) is 22.9. The maximum absolute atomic E-state index is 12.4. The Balaban J connectivity index is 1.97. The lowest BCUT2D eigenvalue weighted by molar-refractivity contribution is -0.123. The second-order valence-corrected chi connectivity index (χ2v) is 8.25. The molecule has 0 aliphatic carbocycles. The summed E-state index contributed by atoms with van der Waals surface area (Å²) < 4.78 is 26.5. The van der Waals surface area contributed by atoms with E-state index in [1.165, 1.54) is 18.5 Å². The van der Waals surface area contributed by atoms with Gasteiger partial charge in [0.1, 0.15) is 6.04 Å². The molecule has 0 saturated carbocycles. The van der Waals surface area contributed by atoms with Gasteiger partial charge in [-0.3, -0.25) is 9.59 Å². The number of sulfonamides is 1. The lowest BCUT2D eigenvalue weighted by Gasteiger charge is -2.18. The van der Waals surface area contributed by atoms with Crippen LogP contribution in [0.4, 0.5) is 4.79 Å². The summed E-state index contributed by atoms with van der Waals surface area (Å²) in [7, 11) is -4.12. The number of aromatic amines is 1. The number of nitrogens with zero attached hydrogens (tertiary/aromatic N) is 1. The molecule has 0 fully saturated rings. The Morgan fingerprint density at radius 2 is 1.90 bits per heavy atom. The monoisotopic (exact) mass is 436 g/mol. The van der Waals surface area contributed by atoms with E-state index >= 15 is 0 Å². The summed E-state index contributed by atoms with van der Waals surface area (Å²) >= 11 is 0. The van der Waals surface area contributed by atoms with Gasteiger partial charge in [0.15, 0.2) is 0 Å². The van der Waals surface area contributed by atoms with Gasteiger partial charge >= 0.3 is 6.03 Å². The van der Waals surface area contributed by atoms with E-state index in [9.17, 15) is 22.8 Å². The molecule has 12 heteroatoms. The van der Waals surface area contributed by atoms with Gasteiger partial charge in [0, 0.05) is 31.3 Å². The minimum Gasteiger partial charge on any atom is -0.370 e. The van der Waals surface area contributed by atoms with Crippen LogP contribution in [-0.4, -0.2) is 48.8 Å². The van der Waals surface area contributed by atoms with Crippen molar-refractivity contribution in [2.45, 2.75) is 37.1 Å². The quantitative estimate of drug-likeness (QED) is 0.341. The van der Waals surface area contributed by atoms with Crippen LogP contribution in [0, 0.1) is 6.92 Å². The summed E-state index contributed by atoms with van der Waals surface area (Å²) in [5.41, 5.74) is 6.78. The average molecular weight is 436 g/mol. The van der Waals surface area contributed by atoms with Crippen LogP contribution in [0.5, 0.6) is 0 Å². The normalized spacial score (nSPS) is 12.0. The molecule has 1 aromatic carbocycles. The Bertz CT molecular complexity index is 973. The Morgan fingerprint density at radius 1 is 1.20 bits per heavy atom. The van der Waals surface area contributed by atoms with Crippen molar-refractivity contribution in [3.63, 3.8) is 0 Å². The number of nitrogens with two attached hydrogens (primary N) is 1. The number of rotatable bonds is 10. The molecule has 1 atom stereocenters. The van der Waals surface area contributed by atoms with Gasteiger partial charge in [0.2, 0.25) is 11.8 Å². The van der Waals surface area contributed by atoms with Gasteiger partial charge in [-0.15, -0.1) is 0 Å². The second-order valence-electron chi connectivity index (χ2n) is 6.57. The second kappa shape index (κ2) is 10.4. The van der Waals surface area contributed by atoms with Crippen molar-refractivity contribution in [2.75, 3.05) is 6.54 Å². The minimum absolute atomic E-state index is 0.0801. The number of imidazole rings is 1. The topological polar surface area (TPSA) is 176 Å². The number of benzene rings is 1. The molecular formula is C18H24N6O5S. The summed E-state index contributed by atoms with van der Waals surface area (Å²) in [5.74, 6) is -1.22. The van der Waals surface area contributed by atoms with E-state index in [-0.39, 0.29) is 24.3 Å². The maximum atomic E-state index is 12.4. The van der Waals surface area contributed by atoms with Gasteiger partial charge in [-0.1, -0.05) is 17.7 Å². The van der Waals surface area contributed by atoms with E-state index in [2.05, 4.69) is 20.6 Å². The lowest BCUT2D eigenvalue weighted by atomic mass is 10.1. The highest BCUT2D eigenvalue weighted by Gasteiger charge is 2.24. The van der Waals surface area contributed by atoms with Gasteiger partial charge in [-0.2, -0.15) is 0 Å². The van der Waals surface area contributed by atoms with Crippen molar-refractivity contribution >= 4 is 27.9 Å². The van der Waals surface area contributed by atoms with Crippen molar-refractivity contribution in [1.82, 2.24) is 25.3 Å². The maximum Gasteiger partial charge on any atom is 0.329 e.